The third-order valence-corrected chi connectivity index (χ3v) is 3.48. The van der Waals surface area contributed by atoms with Gasteiger partial charge in [0.15, 0.2) is 0 Å². The second kappa shape index (κ2) is 6.29. The third kappa shape index (κ3) is 3.35. The number of nitriles is 1. The summed E-state index contributed by atoms with van der Waals surface area (Å²) in [4.78, 5) is 4.33. The number of aromatic nitrogens is 2. The molecule has 0 saturated carbocycles. The van der Waals surface area contributed by atoms with Gasteiger partial charge < -0.3 is 4.52 Å². The highest BCUT2D eigenvalue weighted by Gasteiger charge is 2.12. The fourth-order valence-electron chi connectivity index (χ4n) is 2.12. The summed E-state index contributed by atoms with van der Waals surface area (Å²) in [6.07, 6.45) is 1.74. The van der Waals surface area contributed by atoms with Gasteiger partial charge in [-0.25, -0.2) is 0 Å². The second-order valence-corrected chi connectivity index (χ2v) is 5.37. The third-order valence-electron chi connectivity index (χ3n) is 3.48. The maximum atomic E-state index is 9.37. The molecular formula is C19H15N3O. The van der Waals surface area contributed by atoms with Crippen molar-refractivity contribution in [2.75, 3.05) is 0 Å². The van der Waals surface area contributed by atoms with Crippen molar-refractivity contribution in [2.24, 2.45) is 0 Å². The van der Waals surface area contributed by atoms with Crippen LogP contribution in [0.25, 0.3) is 23.0 Å². The lowest BCUT2D eigenvalue weighted by Crippen LogP contribution is -1.84. The highest BCUT2D eigenvalue weighted by atomic mass is 16.5. The van der Waals surface area contributed by atoms with Crippen molar-refractivity contribution in [1.29, 1.82) is 5.26 Å². The van der Waals surface area contributed by atoms with Crippen LogP contribution in [0.5, 0.6) is 0 Å². The Morgan fingerprint density at radius 1 is 1.00 bits per heavy atom. The molecule has 0 N–H and O–H groups in total. The molecule has 3 aromatic rings. The van der Waals surface area contributed by atoms with Crippen LogP contribution in [0.15, 0.2) is 53.1 Å². The molecule has 0 bridgehead atoms. The normalized spacial score (nSPS) is 11.3. The van der Waals surface area contributed by atoms with Crippen LogP contribution in [0.4, 0.5) is 0 Å². The molecule has 1 aromatic heterocycles. The van der Waals surface area contributed by atoms with Gasteiger partial charge in [0.25, 0.3) is 5.89 Å². The molecular weight excluding hydrogens is 286 g/mol. The molecule has 1 heterocycles. The second-order valence-electron chi connectivity index (χ2n) is 5.37. The smallest absolute Gasteiger partial charge is 0.268 e. The molecule has 0 aliphatic carbocycles. The molecule has 2 aromatic carbocycles. The maximum absolute atomic E-state index is 9.37. The van der Waals surface area contributed by atoms with E-state index < -0.39 is 0 Å². The van der Waals surface area contributed by atoms with Crippen LogP contribution >= 0.6 is 0 Å². The summed E-state index contributed by atoms with van der Waals surface area (Å²) in [6.45, 7) is 4.04. The summed E-state index contributed by atoms with van der Waals surface area (Å²) >= 11 is 0. The summed E-state index contributed by atoms with van der Waals surface area (Å²) in [5.74, 6) is 0.703. The van der Waals surface area contributed by atoms with E-state index in [0.29, 0.717) is 11.4 Å². The van der Waals surface area contributed by atoms with Gasteiger partial charge in [0.1, 0.15) is 11.6 Å². The van der Waals surface area contributed by atoms with E-state index in [9.17, 15) is 5.26 Å². The Morgan fingerprint density at radius 2 is 1.61 bits per heavy atom. The Kier molecular flexibility index (Phi) is 4.03. The molecule has 0 amide bonds. The Labute approximate surface area is 134 Å². The molecule has 112 valence electrons. The van der Waals surface area contributed by atoms with Crippen molar-refractivity contribution in [3.8, 4) is 17.5 Å². The summed E-state index contributed by atoms with van der Waals surface area (Å²) in [5.41, 5.74) is 4.45. The van der Waals surface area contributed by atoms with Crippen LogP contribution in [0.1, 0.15) is 22.6 Å². The van der Waals surface area contributed by atoms with Gasteiger partial charge in [-0.05, 0) is 25.5 Å². The van der Waals surface area contributed by atoms with Crippen LogP contribution < -0.4 is 0 Å². The topological polar surface area (TPSA) is 62.7 Å². The lowest BCUT2D eigenvalue weighted by Gasteiger charge is -1.96. The van der Waals surface area contributed by atoms with Crippen molar-refractivity contribution in [2.45, 2.75) is 13.8 Å². The SMILES string of the molecule is Cc1ccc(/C=C(\C#N)c2nc(-c3ccc(C)cc3)no2)cc1. The van der Waals surface area contributed by atoms with E-state index in [0.717, 1.165) is 16.7 Å². The molecule has 0 saturated heterocycles. The predicted octanol–water partition coefficient (Wildman–Crippen LogP) is 4.42. The molecule has 0 spiro atoms. The quantitative estimate of drug-likeness (QED) is 0.672. The van der Waals surface area contributed by atoms with E-state index in [4.69, 9.17) is 4.52 Å². The number of benzene rings is 2. The Bertz CT molecular complexity index is 882. The number of aryl methyl sites for hydroxylation is 2. The number of hydrogen-bond donors (Lipinski definition) is 0. The van der Waals surface area contributed by atoms with Crippen molar-refractivity contribution in [1.82, 2.24) is 10.1 Å². The lowest BCUT2D eigenvalue weighted by atomic mass is 10.1. The molecule has 0 aliphatic heterocycles. The van der Waals surface area contributed by atoms with Crippen LogP contribution in [-0.2, 0) is 0 Å². The van der Waals surface area contributed by atoms with Gasteiger partial charge in [-0.15, -0.1) is 0 Å². The highest BCUT2D eigenvalue weighted by molar-refractivity contribution is 5.86. The number of allylic oxidation sites excluding steroid dienone is 1. The predicted molar refractivity (Wildman–Crippen MR) is 89.1 cm³/mol. The zero-order chi connectivity index (χ0) is 16.2. The maximum Gasteiger partial charge on any atom is 0.268 e. The minimum atomic E-state index is 0.226. The minimum absolute atomic E-state index is 0.226. The molecule has 3 rings (SSSR count). The molecule has 4 heteroatoms. The lowest BCUT2D eigenvalue weighted by molar-refractivity contribution is 0.409. The first kappa shape index (κ1) is 14.7. The Morgan fingerprint density at radius 3 is 2.22 bits per heavy atom. The standard InChI is InChI=1S/C19H15N3O/c1-13-3-7-15(8-4-13)11-17(12-20)19-21-18(22-23-19)16-9-5-14(2)6-10-16/h3-11H,1-2H3/b17-11+. The first-order valence-electron chi connectivity index (χ1n) is 7.25. The molecule has 4 nitrogen and oxygen atoms in total. The van der Waals surface area contributed by atoms with Crippen molar-refractivity contribution < 1.29 is 4.52 Å². The largest absolute Gasteiger partial charge is 0.333 e. The van der Waals surface area contributed by atoms with Crippen LogP contribution in [-0.4, -0.2) is 10.1 Å². The molecule has 0 radical (unpaired) electrons. The highest BCUT2D eigenvalue weighted by Crippen LogP contribution is 2.21. The van der Waals surface area contributed by atoms with Gasteiger partial charge in [0, 0.05) is 5.56 Å². The Hall–Kier alpha value is -3.19. The van der Waals surface area contributed by atoms with E-state index in [1.165, 1.54) is 5.56 Å². The summed E-state index contributed by atoms with van der Waals surface area (Å²) in [5, 5.41) is 13.3. The van der Waals surface area contributed by atoms with Crippen molar-refractivity contribution in [3.63, 3.8) is 0 Å². The van der Waals surface area contributed by atoms with Gasteiger partial charge in [0.05, 0.1) is 0 Å². The molecule has 0 atom stereocenters. The monoisotopic (exact) mass is 301 g/mol. The molecule has 0 fully saturated rings. The van der Waals surface area contributed by atoms with Gasteiger partial charge in [-0.3, -0.25) is 0 Å². The minimum Gasteiger partial charge on any atom is -0.333 e. The first-order chi connectivity index (χ1) is 11.2. The Balaban J connectivity index is 1.92. The average Bonchev–Trinajstić information content (AvgIpc) is 3.05. The summed E-state index contributed by atoms with van der Waals surface area (Å²) < 4.78 is 5.25. The molecule has 23 heavy (non-hydrogen) atoms. The van der Waals surface area contributed by atoms with E-state index in [1.807, 2.05) is 62.4 Å². The van der Waals surface area contributed by atoms with E-state index in [2.05, 4.69) is 16.2 Å². The van der Waals surface area contributed by atoms with E-state index >= 15 is 0 Å². The van der Waals surface area contributed by atoms with Crippen LogP contribution in [0.2, 0.25) is 0 Å². The van der Waals surface area contributed by atoms with Crippen molar-refractivity contribution in [3.05, 3.63) is 71.1 Å². The fraction of sp³-hybridized carbons (Fsp3) is 0.105. The van der Waals surface area contributed by atoms with Gasteiger partial charge in [-0.1, -0.05) is 64.8 Å². The first-order valence-corrected chi connectivity index (χ1v) is 7.25. The van der Waals surface area contributed by atoms with E-state index in [-0.39, 0.29) is 5.89 Å². The number of nitrogens with zero attached hydrogens (tertiary/aromatic N) is 3. The summed E-state index contributed by atoms with van der Waals surface area (Å²) in [6, 6.07) is 17.8. The fourth-order valence-corrected chi connectivity index (χ4v) is 2.12. The van der Waals surface area contributed by atoms with Crippen LogP contribution in [0, 0.1) is 25.2 Å². The molecule has 0 aliphatic rings. The van der Waals surface area contributed by atoms with Gasteiger partial charge in [-0.2, -0.15) is 10.2 Å². The zero-order valence-corrected chi connectivity index (χ0v) is 12.9. The van der Waals surface area contributed by atoms with E-state index in [1.54, 1.807) is 6.08 Å². The van der Waals surface area contributed by atoms with Gasteiger partial charge in [0.2, 0.25) is 5.82 Å². The van der Waals surface area contributed by atoms with Gasteiger partial charge >= 0.3 is 0 Å². The summed E-state index contributed by atoms with van der Waals surface area (Å²) in [7, 11) is 0. The van der Waals surface area contributed by atoms with Crippen LogP contribution in [0.3, 0.4) is 0 Å². The molecule has 0 unspecified atom stereocenters. The van der Waals surface area contributed by atoms with Crippen molar-refractivity contribution >= 4 is 11.6 Å². The zero-order valence-electron chi connectivity index (χ0n) is 12.9. The number of rotatable bonds is 3. The number of hydrogen-bond acceptors (Lipinski definition) is 4. The average molecular weight is 301 g/mol.